The summed E-state index contributed by atoms with van der Waals surface area (Å²) in [6, 6.07) is 0. The second kappa shape index (κ2) is 8.18. The summed E-state index contributed by atoms with van der Waals surface area (Å²) in [5.74, 6) is 0. The maximum absolute atomic E-state index is 10.8. The van der Waals surface area contributed by atoms with Gasteiger partial charge in [0, 0.05) is 0 Å². The van der Waals surface area contributed by atoms with Gasteiger partial charge < -0.3 is 9.79 Å². The molecule has 0 aromatic heterocycles. The smallest absolute Gasteiger partial charge is 0.302 e. The Morgan fingerprint density at radius 2 is 1.59 bits per heavy atom. The molecule has 0 saturated heterocycles. The van der Waals surface area contributed by atoms with Gasteiger partial charge in [-0.3, -0.25) is 0 Å². The van der Waals surface area contributed by atoms with Gasteiger partial charge in [0.15, 0.2) is 0 Å². The predicted octanol–water partition coefficient (Wildman–Crippen LogP) is 1.72. The molecule has 9 heteroatoms. The van der Waals surface area contributed by atoms with Crippen LogP contribution in [0.15, 0.2) is 0 Å². The Balaban J connectivity index is 3.64. The van der Waals surface area contributed by atoms with Gasteiger partial charge in [-0.2, -0.15) is 8.42 Å². The molecule has 0 aliphatic rings. The highest BCUT2D eigenvalue weighted by atomic mass is 32.3. The van der Waals surface area contributed by atoms with E-state index in [-0.39, 0.29) is 6.61 Å². The molecule has 0 aromatic carbocycles. The number of unbranched alkanes of at least 4 members (excludes halogenated alkanes) is 5. The van der Waals surface area contributed by atoms with E-state index >= 15 is 0 Å². The first kappa shape index (κ1) is 17.0. The molecule has 0 heterocycles. The average Bonchev–Trinajstić information content (AvgIpc) is 2.12. The minimum Gasteiger partial charge on any atom is -0.302 e. The van der Waals surface area contributed by atoms with E-state index in [4.69, 9.17) is 9.79 Å². The third kappa shape index (κ3) is 12.3. The van der Waals surface area contributed by atoms with Crippen LogP contribution < -0.4 is 0 Å². The van der Waals surface area contributed by atoms with E-state index in [1.165, 1.54) is 0 Å². The molecule has 17 heavy (non-hydrogen) atoms. The Morgan fingerprint density at radius 3 is 2.12 bits per heavy atom. The first-order valence-corrected chi connectivity index (χ1v) is 8.29. The standard InChI is InChI=1S/C8H19O7PS/c1-2-3-4-5-6-7-8-14-17(12,13)15-16(9,10)11/h2-8H2,1H3,(H2,9,10,11). The van der Waals surface area contributed by atoms with E-state index in [9.17, 15) is 13.0 Å². The molecule has 0 unspecified atom stereocenters. The molecule has 0 amide bonds. The van der Waals surface area contributed by atoms with Crippen molar-refractivity contribution in [3.05, 3.63) is 0 Å². The third-order valence-electron chi connectivity index (χ3n) is 1.91. The molecular weight excluding hydrogens is 271 g/mol. The molecular formula is C8H19O7PS. The van der Waals surface area contributed by atoms with Crippen LogP contribution in [0.1, 0.15) is 45.4 Å². The van der Waals surface area contributed by atoms with Crippen molar-refractivity contribution in [2.45, 2.75) is 45.4 Å². The van der Waals surface area contributed by atoms with Crippen molar-refractivity contribution in [1.82, 2.24) is 0 Å². The van der Waals surface area contributed by atoms with Gasteiger partial charge >= 0.3 is 18.2 Å². The molecule has 0 aliphatic heterocycles. The molecule has 0 saturated carbocycles. The van der Waals surface area contributed by atoms with Crippen LogP contribution in [0.4, 0.5) is 0 Å². The van der Waals surface area contributed by atoms with Crippen LogP contribution in [0, 0.1) is 0 Å². The topological polar surface area (TPSA) is 110 Å². The molecule has 104 valence electrons. The summed E-state index contributed by atoms with van der Waals surface area (Å²) in [7, 11) is -9.67. The van der Waals surface area contributed by atoms with Crippen LogP contribution in [0.5, 0.6) is 0 Å². The van der Waals surface area contributed by atoms with Gasteiger partial charge in [0.25, 0.3) is 0 Å². The lowest BCUT2D eigenvalue weighted by Gasteiger charge is -2.06. The van der Waals surface area contributed by atoms with Crippen LogP contribution in [0.3, 0.4) is 0 Å². The molecule has 0 aliphatic carbocycles. The summed E-state index contributed by atoms with van der Waals surface area (Å²) in [6.07, 6.45) is 5.65. The van der Waals surface area contributed by atoms with E-state index in [0.717, 1.165) is 32.1 Å². The maximum atomic E-state index is 10.8. The molecule has 0 bridgehead atoms. The maximum Gasteiger partial charge on any atom is 0.486 e. The number of phosphoric acid groups is 1. The van der Waals surface area contributed by atoms with Gasteiger partial charge in [-0.25, -0.2) is 8.75 Å². The summed E-state index contributed by atoms with van der Waals surface area (Å²) in [6.45, 7) is 1.96. The summed E-state index contributed by atoms with van der Waals surface area (Å²) < 4.78 is 39.7. The molecule has 0 radical (unpaired) electrons. The van der Waals surface area contributed by atoms with Gasteiger partial charge in [0.1, 0.15) is 0 Å². The van der Waals surface area contributed by atoms with E-state index in [0.29, 0.717) is 6.42 Å². The predicted molar refractivity (Wildman–Crippen MR) is 61.4 cm³/mol. The average molecular weight is 290 g/mol. The SMILES string of the molecule is CCCCCCCCOS(=O)(=O)OP(=O)(O)O. The van der Waals surface area contributed by atoms with Crippen LogP contribution >= 0.6 is 7.82 Å². The minimum atomic E-state index is -5.07. The molecule has 7 nitrogen and oxygen atoms in total. The summed E-state index contributed by atoms with van der Waals surface area (Å²) >= 11 is 0. The summed E-state index contributed by atoms with van der Waals surface area (Å²) in [5.41, 5.74) is 0. The van der Waals surface area contributed by atoms with Crippen LogP contribution in [-0.4, -0.2) is 24.8 Å². The summed E-state index contributed by atoms with van der Waals surface area (Å²) in [5, 5.41) is 0. The number of hydrogen-bond acceptors (Lipinski definition) is 5. The third-order valence-corrected chi connectivity index (χ3v) is 3.88. The summed E-state index contributed by atoms with van der Waals surface area (Å²) in [4.78, 5) is 16.6. The second-order valence-corrected chi connectivity index (χ2v) is 6.19. The van der Waals surface area contributed by atoms with Crippen molar-refractivity contribution in [1.29, 1.82) is 0 Å². The van der Waals surface area contributed by atoms with Gasteiger partial charge in [-0.1, -0.05) is 39.0 Å². The Kier molecular flexibility index (Phi) is 8.19. The van der Waals surface area contributed by atoms with Crippen molar-refractivity contribution in [3.63, 3.8) is 0 Å². The van der Waals surface area contributed by atoms with Crippen molar-refractivity contribution in [3.8, 4) is 0 Å². The van der Waals surface area contributed by atoms with Gasteiger partial charge in [-0.15, -0.1) is 3.97 Å². The molecule has 2 N–H and O–H groups in total. The lowest BCUT2D eigenvalue weighted by atomic mass is 10.1. The molecule has 0 atom stereocenters. The highest BCUT2D eigenvalue weighted by Gasteiger charge is 2.26. The van der Waals surface area contributed by atoms with Crippen molar-refractivity contribution < 1.29 is 30.9 Å². The van der Waals surface area contributed by atoms with Crippen molar-refractivity contribution >= 4 is 18.2 Å². The van der Waals surface area contributed by atoms with Gasteiger partial charge in [0.05, 0.1) is 6.61 Å². The zero-order valence-electron chi connectivity index (χ0n) is 9.74. The second-order valence-electron chi connectivity index (χ2n) is 3.56. The fraction of sp³-hybridized carbons (Fsp3) is 1.00. The normalized spacial score (nSPS) is 12.9. The molecule has 0 rings (SSSR count). The number of hydrogen-bond donors (Lipinski definition) is 2. The molecule has 0 aromatic rings. The Bertz CT molecular complexity index is 334. The Labute approximate surface area is 102 Å². The Hall–Kier alpha value is 0.0200. The minimum absolute atomic E-state index is 0.130. The monoisotopic (exact) mass is 290 g/mol. The fourth-order valence-corrected chi connectivity index (χ4v) is 2.63. The van der Waals surface area contributed by atoms with E-state index < -0.39 is 18.2 Å². The van der Waals surface area contributed by atoms with E-state index in [1.807, 2.05) is 0 Å². The highest BCUT2D eigenvalue weighted by molar-refractivity contribution is 7.86. The first-order valence-electron chi connectivity index (χ1n) is 5.43. The van der Waals surface area contributed by atoms with Crippen molar-refractivity contribution in [2.75, 3.05) is 6.61 Å². The van der Waals surface area contributed by atoms with Crippen LogP contribution in [-0.2, 0) is 23.1 Å². The molecule has 0 fully saturated rings. The fourth-order valence-electron chi connectivity index (χ4n) is 1.18. The zero-order valence-corrected chi connectivity index (χ0v) is 11.5. The Morgan fingerprint density at radius 1 is 1.06 bits per heavy atom. The highest BCUT2D eigenvalue weighted by Crippen LogP contribution is 2.38. The molecule has 0 spiro atoms. The number of rotatable bonds is 10. The lowest BCUT2D eigenvalue weighted by molar-refractivity contribution is 0.230. The van der Waals surface area contributed by atoms with Gasteiger partial charge in [-0.05, 0) is 6.42 Å². The zero-order chi connectivity index (χ0) is 13.4. The van der Waals surface area contributed by atoms with E-state index in [1.54, 1.807) is 0 Å². The lowest BCUT2D eigenvalue weighted by Crippen LogP contribution is -2.09. The van der Waals surface area contributed by atoms with Crippen molar-refractivity contribution in [2.24, 2.45) is 0 Å². The quantitative estimate of drug-likeness (QED) is 0.465. The van der Waals surface area contributed by atoms with Crippen LogP contribution in [0.25, 0.3) is 0 Å². The van der Waals surface area contributed by atoms with E-state index in [2.05, 4.69) is 15.1 Å². The van der Waals surface area contributed by atoms with Crippen LogP contribution in [0.2, 0.25) is 0 Å². The first-order chi connectivity index (χ1) is 7.77. The largest absolute Gasteiger partial charge is 0.486 e. The van der Waals surface area contributed by atoms with Gasteiger partial charge in [0.2, 0.25) is 0 Å².